The van der Waals surface area contributed by atoms with Crippen LogP contribution in [0.5, 0.6) is 0 Å². The summed E-state index contributed by atoms with van der Waals surface area (Å²) in [6.45, 7) is 0. The van der Waals surface area contributed by atoms with Gasteiger partial charge in [-0.25, -0.2) is 0 Å². The highest BCUT2D eigenvalue weighted by Crippen LogP contribution is 2.33. The Morgan fingerprint density at radius 3 is 2.12 bits per heavy atom. The molecular weight excluding hydrogens is 406 g/mol. The third kappa shape index (κ3) is 3.06. The van der Waals surface area contributed by atoms with Gasteiger partial charge in [-0.05, 0) is 65.4 Å². The average molecular weight is 425 g/mol. The number of furan rings is 2. The van der Waals surface area contributed by atoms with Crippen molar-refractivity contribution in [3.8, 4) is 11.3 Å². The second-order valence-corrected chi connectivity index (χ2v) is 8.36. The zero-order valence-corrected chi connectivity index (χ0v) is 17.7. The van der Waals surface area contributed by atoms with Gasteiger partial charge in [0.25, 0.3) is 0 Å². The largest absolute Gasteiger partial charge is 0.456 e. The molecule has 0 saturated heterocycles. The quantitative estimate of drug-likeness (QED) is 0.307. The summed E-state index contributed by atoms with van der Waals surface area (Å²) < 4.78 is 12.0. The van der Waals surface area contributed by atoms with Gasteiger partial charge in [-0.2, -0.15) is 0 Å². The first-order chi connectivity index (χ1) is 16.3. The monoisotopic (exact) mass is 425 g/mol. The van der Waals surface area contributed by atoms with E-state index in [0.29, 0.717) is 0 Å². The van der Waals surface area contributed by atoms with Crippen molar-refractivity contribution in [2.45, 2.75) is 0 Å². The third-order valence-corrected chi connectivity index (χ3v) is 6.22. The Hall–Kier alpha value is -4.50. The molecule has 0 aliphatic rings. The van der Waals surface area contributed by atoms with E-state index in [0.717, 1.165) is 55.6 Å². The van der Waals surface area contributed by atoms with Gasteiger partial charge in [0, 0.05) is 33.1 Å². The Bertz CT molecular complexity index is 1770. The molecule has 0 radical (unpaired) electrons. The molecule has 0 aliphatic carbocycles. The van der Waals surface area contributed by atoms with Gasteiger partial charge >= 0.3 is 0 Å². The summed E-state index contributed by atoms with van der Waals surface area (Å²) in [6.07, 6.45) is 0. The maximum atomic E-state index is 6.04. The van der Waals surface area contributed by atoms with Crippen LogP contribution in [0.3, 0.4) is 0 Å². The Kier molecular flexibility index (Phi) is 3.84. The van der Waals surface area contributed by atoms with Gasteiger partial charge in [-0.3, -0.25) is 0 Å². The first-order valence-electron chi connectivity index (χ1n) is 11.0. The van der Waals surface area contributed by atoms with Crippen LogP contribution in [0.15, 0.2) is 118 Å². The van der Waals surface area contributed by atoms with E-state index in [1.54, 1.807) is 0 Å². The SMILES string of the molecule is c1ccc2oc(-c3ccc4cc(Nc5ccc6oc7ccccc7c6c5)ccc4c3)cc2c1. The summed E-state index contributed by atoms with van der Waals surface area (Å²) in [6, 6.07) is 37.5. The fourth-order valence-electron chi connectivity index (χ4n) is 4.57. The minimum atomic E-state index is 0.890. The zero-order chi connectivity index (χ0) is 21.8. The minimum Gasteiger partial charge on any atom is -0.456 e. The van der Waals surface area contributed by atoms with E-state index in [1.807, 2.05) is 42.5 Å². The van der Waals surface area contributed by atoms with Crippen molar-refractivity contribution < 1.29 is 8.83 Å². The lowest BCUT2D eigenvalue weighted by atomic mass is 10.0. The second-order valence-electron chi connectivity index (χ2n) is 8.36. The second kappa shape index (κ2) is 7.01. The molecule has 3 heteroatoms. The normalized spacial score (nSPS) is 11.6. The molecule has 7 rings (SSSR count). The lowest BCUT2D eigenvalue weighted by Crippen LogP contribution is -1.90. The zero-order valence-electron chi connectivity index (χ0n) is 17.7. The number of hydrogen-bond acceptors (Lipinski definition) is 3. The molecule has 0 saturated carbocycles. The molecule has 5 aromatic carbocycles. The highest BCUT2D eigenvalue weighted by molar-refractivity contribution is 6.06. The number of anilines is 2. The van der Waals surface area contributed by atoms with E-state index in [9.17, 15) is 0 Å². The van der Waals surface area contributed by atoms with E-state index in [-0.39, 0.29) is 0 Å². The molecule has 1 N–H and O–H groups in total. The van der Waals surface area contributed by atoms with E-state index in [4.69, 9.17) is 8.83 Å². The van der Waals surface area contributed by atoms with Crippen LogP contribution in [0, 0.1) is 0 Å². The molecule has 0 atom stereocenters. The molecule has 0 unspecified atom stereocenters. The van der Waals surface area contributed by atoms with Gasteiger partial charge in [-0.1, -0.05) is 54.6 Å². The van der Waals surface area contributed by atoms with Crippen LogP contribution in [0.2, 0.25) is 0 Å². The number of benzene rings is 5. The smallest absolute Gasteiger partial charge is 0.135 e. The standard InChI is InChI=1S/C30H19NO2/c1-3-7-27-21(5-1)17-30(32-27)22-10-9-20-16-23(12-11-19(20)15-22)31-24-13-14-29-26(18-24)25-6-2-4-8-28(25)33-29/h1-18,31H. The molecule has 33 heavy (non-hydrogen) atoms. The summed E-state index contributed by atoms with van der Waals surface area (Å²) in [7, 11) is 0. The molecule has 3 nitrogen and oxygen atoms in total. The van der Waals surface area contributed by atoms with Gasteiger partial charge in [0.15, 0.2) is 0 Å². The van der Waals surface area contributed by atoms with Crippen LogP contribution < -0.4 is 5.32 Å². The maximum Gasteiger partial charge on any atom is 0.135 e. The summed E-state index contributed by atoms with van der Waals surface area (Å²) in [4.78, 5) is 0. The van der Waals surface area contributed by atoms with E-state index >= 15 is 0 Å². The van der Waals surface area contributed by atoms with Crippen molar-refractivity contribution in [3.63, 3.8) is 0 Å². The summed E-state index contributed by atoms with van der Waals surface area (Å²) in [5.41, 5.74) is 5.89. The fourth-order valence-corrected chi connectivity index (χ4v) is 4.57. The Balaban J connectivity index is 1.22. The topological polar surface area (TPSA) is 38.3 Å². The number of para-hydroxylation sites is 2. The molecule has 156 valence electrons. The molecule has 0 aliphatic heterocycles. The number of fused-ring (bicyclic) bond motifs is 5. The highest BCUT2D eigenvalue weighted by Gasteiger charge is 2.09. The van der Waals surface area contributed by atoms with Crippen molar-refractivity contribution in [3.05, 3.63) is 109 Å². The lowest BCUT2D eigenvalue weighted by molar-refractivity contribution is 0.631. The average Bonchev–Trinajstić information content (AvgIpc) is 3.45. The van der Waals surface area contributed by atoms with Crippen LogP contribution >= 0.6 is 0 Å². The van der Waals surface area contributed by atoms with Crippen LogP contribution in [0.25, 0.3) is 55.0 Å². The minimum absolute atomic E-state index is 0.890. The summed E-state index contributed by atoms with van der Waals surface area (Å²) in [5.74, 6) is 0.890. The fraction of sp³-hybridized carbons (Fsp3) is 0. The molecule has 7 aromatic rings. The maximum absolute atomic E-state index is 6.04. The molecule has 2 heterocycles. The Morgan fingerprint density at radius 1 is 0.455 bits per heavy atom. The van der Waals surface area contributed by atoms with Crippen LogP contribution in [-0.2, 0) is 0 Å². The number of hydrogen-bond donors (Lipinski definition) is 1. The molecule has 0 bridgehead atoms. The van der Waals surface area contributed by atoms with E-state index in [1.165, 1.54) is 10.8 Å². The summed E-state index contributed by atoms with van der Waals surface area (Å²) >= 11 is 0. The highest BCUT2D eigenvalue weighted by atomic mass is 16.3. The van der Waals surface area contributed by atoms with Crippen molar-refractivity contribution in [1.29, 1.82) is 0 Å². The van der Waals surface area contributed by atoms with Crippen molar-refractivity contribution in [2.75, 3.05) is 5.32 Å². The third-order valence-electron chi connectivity index (χ3n) is 6.22. The number of nitrogens with one attached hydrogen (secondary N) is 1. The molecule has 0 fully saturated rings. The van der Waals surface area contributed by atoms with Crippen LogP contribution in [-0.4, -0.2) is 0 Å². The Labute approximate surface area is 189 Å². The first-order valence-corrected chi connectivity index (χ1v) is 11.0. The van der Waals surface area contributed by atoms with Gasteiger partial charge in [0.1, 0.15) is 22.5 Å². The molecule has 0 amide bonds. The van der Waals surface area contributed by atoms with Crippen molar-refractivity contribution >= 4 is 55.1 Å². The van der Waals surface area contributed by atoms with Crippen molar-refractivity contribution in [1.82, 2.24) is 0 Å². The summed E-state index contributed by atoms with van der Waals surface area (Å²) in [5, 5.41) is 9.27. The number of rotatable bonds is 3. The molecular formula is C30H19NO2. The van der Waals surface area contributed by atoms with Gasteiger partial charge in [0.05, 0.1) is 0 Å². The first kappa shape index (κ1) is 18.1. The predicted molar refractivity (Wildman–Crippen MR) is 136 cm³/mol. The van der Waals surface area contributed by atoms with Gasteiger partial charge < -0.3 is 14.2 Å². The van der Waals surface area contributed by atoms with E-state index < -0.39 is 0 Å². The van der Waals surface area contributed by atoms with Crippen LogP contribution in [0.4, 0.5) is 11.4 Å². The van der Waals surface area contributed by atoms with E-state index in [2.05, 4.69) is 72.0 Å². The van der Waals surface area contributed by atoms with Gasteiger partial charge in [0.2, 0.25) is 0 Å². The molecule has 0 spiro atoms. The van der Waals surface area contributed by atoms with Gasteiger partial charge in [-0.15, -0.1) is 0 Å². The Morgan fingerprint density at radius 2 is 1.18 bits per heavy atom. The van der Waals surface area contributed by atoms with Crippen LogP contribution in [0.1, 0.15) is 0 Å². The van der Waals surface area contributed by atoms with Crippen molar-refractivity contribution in [2.24, 2.45) is 0 Å². The molecule has 2 aromatic heterocycles. The lowest BCUT2D eigenvalue weighted by Gasteiger charge is -2.09. The predicted octanol–water partition coefficient (Wildman–Crippen LogP) is 8.90.